The van der Waals surface area contributed by atoms with Crippen LogP contribution in [0.25, 0.3) is 10.9 Å². The standard InChI is InChI=1S/C13H9F3N2O4/c14-13(15,16)8-4-7(12(21)22)3-6-1-2-10(20)18(11(6)8)5-9(17)19/h1-4H,5H2,(H2,17,19)(H,21,22). The number of primary amides is 1. The van der Waals surface area contributed by atoms with Crippen LogP contribution in [0.2, 0.25) is 0 Å². The zero-order chi connectivity index (χ0) is 16.7. The molecule has 0 aliphatic rings. The third-order valence-electron chi connectivity index (χ3n) is 2.95. The number of carbonyl (C=O) groups is 2. The molecule has 2 aromatic rings. The van der Waals surface area contributed by atoms with Crippen LogP contribution >= 0.6 is 0 Å². The first-order valence-corrected chi connectivity index (χ1v) is 5.87. The van der Waals surface area contributed by atoms with Gasteiger partial charge >= 0.3 is 12.1 Å². The Morgan fingerprint density at radius 3 is 2.36 bits per heavy atom. The predicted molar refractivity (Wildman–Crippen MR) is 69.4 cm³/mol. The predicted octanol–water partition coefficient (Wildman–Crippen LogP) is 1.20. The van der Waals surface area contributed by atoms with Crippen molar-refractivity contribution in [1.29, 1.82) is 0 Å². The first kappa shape index (κ1) is 15.5. The number of nitrogens with zero attached hydrogens (tertiary/aromatic N) is 1. The quantitative estimate of drug-likeness (QED) is 0.888. The highest BCUT2D eigenvalue weighted by Crippen LogP contribution is 2.35. The van der Waals surface area contributed by atoms with Crippen LogP contribution in [0.15, 0.2) is 29.1 Å². The van der Waals surface area contributed by atoms with E-state index in [9.17, 15) is 27.6 Å². The van der Waals surface area contributed by atoms with Crippen molar-refractivity contribution in [3.05, 3.63) is 45.7 Å². The maximum Gasteiger partial charge on any atom is 0.418 e. The highest BCUT2D eigenvalue weighted by Gasteiger charge is 2.35. The number of carboxylic acids is 1. The van der Waals surface area contributed by atoms with E-state index < -0.39 is 46.8 Å². The first-order chi connectivity index (χ1) is 10.1. The van der Waals surface area contributed by atoms with E-state index >= 15 is 0 Å². The molecular formula is C13H9F3N2O4. The smallest absolute Gasteiger partial charge is 0.418 e. The van der Waals surface area contributed by atoms with E-state index in [4.69, 9.17) is 10.8 Å². The highest BCUT2D eigenvalue weighted by atomic mass is 19.4. The third kappa shape index (κ3) is 2.78. The van der Waals surface area contributed by atoms with Crippen LogP contribution in [0.5, 0.6) is 0 Å². The molecule has 1 heterocycles. The minimum Gasteiger partial charge on any atom is -0.478 e. The normalized spacial score (nSPS) is 11.6. The Kier molecular flexibility index (Phi) is 3.65. The number of aromatic nitrogens is 1. The molecule has 0 bridgehead atoms. The fourth-order valence-electron chi connectivity index (χ4n) is 2.10. The van der Waals surface area contributed by atoms with Gasteiger partial charge in [-0.1, -0.05) is 0 Å². The number of pyridine rings is 1. The number of hydrogen-bond donors (Lipinski definition) is 2. The largest absolute Gasteiger partial charge is 0.478 e. The summed E-state index contributed by atoms with van der Waals surface area (Å²) >= 11 is 0. The second kappa shape index (κ2) is 5.17. The Bertz CT molecular complexity index is 840. The Hall–Kier alpha value is -2.84. The van der Waals surface area contributed by atoms with Crippen molar-refractivity contribution < 1.29 is 27.9 Å². The maximum absolute atomic E-state index is 13.2. The fourth-order valence-corrected chi connectivity index (χ4v) is 2.10. The van der Waals surface area contributed by atoms with Gasteiger partial charge in [-0.15, -0.1) is 0 Å². The van der Waals surface area contributed by atoms with Crippen LogP contribution in [0, 0.1) is 0 Å². The van der Waals surface area contributed by atoms with E-state index in [0.717, 1.165) is 18.2 Å². The van der Waals surface area contributed by atoms with E-state index in [1.54, 1.807) is 0 Å². The molecule has 1 aromatic carbocycles. The van der Waals surface area contributed by atoms with Crippen LogP contribution in [-0.2, 0) is 17.5 Å². The molecule has 1 amide bonds. The number of rotatable bonds is 3. The van der Waals surface area contributed by atoms with Crippen LogP contribution in [0.3, 0.4) is 0 Å². The summed E-state index contributed by atoms with van der Waals surface area (Å²) in [7, 11) is 0. The Balaban J connectivity index is 2.97. The number of alkyl halides is 3. The van der Waals surface area contributed by atoms with Gasteiger partial charge in [0.15, 0.2) is 0 Å². The second-order valence-electron chi connectivity index (χ2n) is 4.49. The SMILES string of the molecule is NC(=O)Cn1c(=O)ccc2cc(C(=O)O)cc(C(F)(F)F)c21. The Labute approximate surface area is 120 Å². The van der Waals surface area contributed by atoms with E-state index in [2.05, 4.69) is 0 Å². The van der Waals surface area contributed by atoms with E-state index in [0.29, 0.717) is 10.6 Å². The molecule has 3 N–H and O–H groups in total. The summed E-state index contributed by atoms with van der Waals surface area (Å²) in [6.45, 7) is -0.744. The van der Waals surface area contributed by atoms with Gasteiger partial charge in [-0.25, -0.2) is 4.79 Å². The number of carbonyl (C=O) groups excluding carboxylic acids is 1. The minimum absolute atomic E-state index is 0.131. The van der Waals surface area contributed by atoms with Crippen LogP contribution in [0.4, 0.5) is 13.2 Å². The third-order valence-corrected chi connectivity index (χ3v) is 2.95. The summed E-state index contributed by atoms with van der Waals surface area (Å²) in [5, 5.41) is 8.76. The van der Waals surface area contributed by atoms with Crippen molar-refractivity contribution in [2.75, 3.05) is 0 Å². The highest BCUT2D eigenvalue weighted by molar-refractivity contribution is 5.95. The number of halogens is 3. The zero-order valence-electron chi connectivity index (χ0n) is 10.8. The van der Waals surface area contributed by atoms with Gasteiger partial charge in [0.1, 0.15) is 6.54 Å². The Morgan fingerprint density at radius 2 is 1.86 bits per heavy atom. The lowest BCUT2D eigenvalue weighted by Gasteiger charge is -2.16. The summed E-state index contributed by atoms with van der Waals surface area (Å²) in [4.78, 5) is 33.7. The molecule has 22 heavy (non-hydrogen) atoms. The van der Waals surface area contributed by atoms with Crippen LogP contribution in [0.1, 0.15) is 15.9 Å². The molecule has 0 saturated heterocycles. The van der Waals surface area contributed by atoms with Gasteiger partial charge < -0.3 is 10.8 Å². The average molecular weight is 314 g/mol. The van der Waals surface area contributed by atoms with Gasteiger partial charge in [-0.05, 0) is 23.6 Å². The average Bonchev–Trinajstić information content (AvgIpc) is 2.39. The number of fused-ring (bicyclic) bond motifs is 1. The van der Waals surface area contributed by atoms with Crippen molar-refractivity contribution in [2.24, 2.45) is 5.73 Å². The van der Waals surface area contributed by atoms with Gasteiger partial charge in [0.05, 0.1) is 16.6 Å². The van der Waals surface area contributed by atoms with Gasteiger partial charge in [0.25, 0.3) is 5.56 Å². The summed E-state index contributed by atoms with van der Waals surface area (Å²) < 4.78 is 40.1. The minimum atomic E-state index is -4.91. The van der Waals surface area contributed by atoms with Crippen molar-refractivity contribution in [2.45, 2.75) is 12.7 Å². The van der Waals surface area contributed by atoms with E-state index in [-0.39, 0.29) is 5.39 Å². The maximum atomic E-state index is 13.2. The number of hydrogen-bond acceptors (Lipinski definition) is 3. The molecule has 116 valence electrons. The molecule has 0 unspecified atom stereocenters. The summed E-state index contributed by atoms with van der Waals surface area (Å²) in [5.74, 6) is -2.54. The molecule has 1 aromatic heterocycles. The molecule has 0 spiro atoms. The van der Waals surface area contributed by atoms with Crippen molar-refractivity contribution in [3.63, 3.8) is 0 Å². The molecule has 0 aliphatic carbocycles. The molecule has 0 radical (unpaired) electrons. The monoisotopic (exact) mass is 314 g/mol. The fraction of sp³-hybridized carbons (Fsp3) is 0.154. The molecule has 0 atom stereocenters. The van der Waals surface area contributed by atoms with Gasteiger partial charge in [0.2, 0.25) is 5.91 Å². The Morgan fingerprint density at radius 1 is 1.23 bits per heavy atom. The van der Waals surface area contributed by atoms with Crippen molar-refractivity contribution in [1.82, 2.24) is 4.57 Å². The summed E-state index contributed by atoms with van der Waals surface area (Å²) in [6.07, 6.45) is -4.91. The number of amides is 1. The van der Waals surface area contributed by atoms with Gasteiger partial charge in [0, 0.05) is 6.07 Å². The molecule has 9 heteroatoms. The van der Waals surface area contributed by atoms with Crippen molar-refractivity contribution >= 4 is 22.8 Å². The second-order valence-corrected chi connectivity index (χ2v) is 4.49. The lowest BCUT2D eigenvalue weighted by atomic mass is 10.0. The van der Waals surface area contributed by atoms with Gasteiger partial charge in [-0.3, -0.25) is 14.2 Å². The topological polar surface area (TPSA) is 102 Å². The lowest BCUT2D eigenvalue weighted by molar-refractivity contribution is -0.136. The number of carboxylic acid groups (broad SMARTS) is 1. The van der Waals surface area contributed by atoms with Crippen LogP contribution in [-0.4, -0.2) is 21.6 Å². The summed E-state index contributed by atoms with van der Waals surface area (Å²) in [5.41, 5.74) is 1.62. The summed E-state index contributed by atoms with van der Waals surface area (Å²) in [6, 6.07) is 3.42. The molecule has 6 nitrogen and oxygen atoms in total. The molecule has 2 rings (SSSR count). The van der Waals surface area contributed by atoms with Crippen molar-refractivity contribution in [3.8, 4) is 0 Å². The molecule has 0 fully saturated rings. The number of aromatic carboxylic acids is 1. The molecular weight excluding hydrogens is 305 g/mol. The van der Waals surface area contributed by atoms with Gasteiger partial charge in [-0.2, -0.15) is 13.2 Å². The zero-order valence-corrected chi connectivity index (χ0v) is 10.8. The lowest BCUT2D eigenvalue weighted by Crippen LogP contribution is -2.29. The van der Waals surface area contributed by atoms with Crippen LogP contribution < -0.4 is 11.3 Å². The van der Waals surface area contributed by atoms with E-state index in [1.165, 1.54) is 0 Å². The molecule has 0 saturated carbocycles. The first-order valence-electron chi connectivity index (χ1n) is 5.87. The van der Waals surface area contributed by atoms with E-state index in [1.807, 2.05) is 0 Å². The number of nitrogens with two attached hydrogens (primary N) is 1. The molecule has 0 aliphatic heterocycles. The number of benzene rings is 1.